The lowest BCUT2D eigenvalue weighted by Gasteiger charge is -2.26. The summed E-state index contributed by atoms with van der Waals surface area (Å²) in [7, 11) is -6.24. The van der Waals surface area contributed by atoms with E-state index in [0.717, 1.165) is 19.3 Å². The third kappa shape index (κ3) is 6.07. The van der Waals surface area contributed by atoms with Crippen molar-refractivity contribution in [2.75, 3.05) is 30.2 Å². The molecule has 1 aliphatic heterocycles. The van der Waals surface area contributed by atoms with Crippen LogP contribution in [0, 0.1) is 0 Å². The maximum Gasteiger partial charge on any atom is 0.261 e. The molecule has 0 aromatic heterocycles. The lowest BCUT2D eigenvalue weighted by Crippen LogP contribution is -2.35. The number of nitrogens with zero attached hydrogens (tertiary/aromatic N) is 1. The van der Waals surface area contributed by atoms with Gasteiger partial charge < -0.3 is 10.1 Å². The number of ether oxygens (including phenoxy) is 1. The average molecular weight is 564 g/mol. The number of methoxy groups -OCH3 is 1. The lowest BCUT2D eigenvalue weighted by atomic mass is 10.2. The lowest BCUT2D eigenvalue weighted by molar-refractivity contribution is 0.102. The van der Waals surface area contributed by atoms with Crippen molar-refractivity contribution in [1.29, 1.82) is 0 Å². The zero-order valence-corrected chi connectivity index (χ0v) is 22.4. The molecule has 0 radical (unpaired) electrons. The van der Waals surface area contributed by atoms with Crippen molar-refractivity contribution in [3.63, 3.8) is 0 Å². The van der Waals surface area contributed by atoms with Crippen molar-refractivity contribution >= 4 is 48.9 Å². The Bertz CT molecular complexity index is 1510. The number of hydrogen-bond donors (Lipinski definition) is 2. The van der Waals surface area contributed by atoms with E-state index in [1.165, 1.54) is 59.9 Å². The van der Waals surface area contributed by atoms with Gasteiger partial charge in [0, 0.05) is 18.8 Å². The minimum atomic E-state index is -3.89. The second-order valence-electron chi connectivity index (χ2n) is 8.39. The van der Waals surface area contributed by atoms with Gasteiger partial charge in [-0.2, -0.15) is 4.31 Å². The summed E-state index contributed by atoms with van der Waals surface area (Å²) in [6.45, 7) is 0.884. The molecule has 196 valence electrons. The van der Waals surface area contributed by atoms with E-state index in [9.17, 15) is 21.6 Å². The van der Waals surface area contributed by atoms with Crippen molar-refractivity contribution in [3.8, 4) is 5.75 Å². The van der Waals surface area contributed by atoms with Gasteiger partial charge in [0.1, 0.15) is 5.75 Å². The Morgan fingerprint density at radius 3 is 2.27 bits per heavy atom. The summed E-state index contributed by atoms with van der Waals surface area (Å²) >= 11 is 6.25. The maximum atomic E-state index is 13.2. The van der Waals surface area contributed by atoms with Gasteiger partial charge in [0.2, 0.25) is 10.0 Å². The van der Waals surface area contributed by atoms with Gasteiger partial charge in [-0.25, -0.2) is 16.8 Å². The Balaban J connectivity index is 1.60. The average Bonchev–Trinajstić information content (AvgIpc) is 2.90. The number of benzene rings is 3. The first kappa shape index (κ1) is 26.9. The molecule has 0 bridgehead atoms. The normalized spacial score (nSPS) is 14.6. The summed E-state index contributed by atoms with van der Waals surface area (Å²) in [6, 6.07) is 16.2. The SMILES string of the molecule is COc1ccc(S(=O)(=O)N2CCCCC2)cc1NC(=O)c1cc(NS(=O)(=O)c2ccccc2)ccc1Cl. The highest BCUT2D eigenvalue weighted by atomic mass is 35.5. The van der Waals surface area contributed by atoms with Gasteiger partial charge in [0.15, 0.2) is 0 Å². The van der Waals surface area contributed by atoms with Crippen LogP contribution in [0.2, 0.25) is 5.02 Å². The maximum absolute atomic E-state index is 13.2. The van der Waals surface area contributed by atoms with E-state index in [2.05, 4.69) is 10.0 Å². The molecule has 37 heavy (non-hydrogen) atoms. The zero-order chi connectivity index (χ0) is 26.6. The van der Waals surface area contributed by atoms with Crippen molar-refractivity contribution in [3.05, 3.63) is 77.3 Å². The first-order valence-electron chi connectivity index (χ1n) is 11.5. The van der Waals surface area contributed by atoms with E-state index in [1.54, 1.807) is 18.2 Å². The Morgan fingerprint density at radius 1 is 0.892 bits per heavy atom. The fourth-order valence-corrected chi connectivity index (χ4v) is 6.78. The molecule has 12 heteroatoms. The molecule has 1 fully saturated rings. The third-order valence-electron chi connectivity index (χ3n) is 5.89. The number of sulfonamides is 2. The molecular weight excluding hydrogens is 538 g/mol. The predicted octanol–water partition coefficient (Wildman–Crippen LogP) is 4.58. The minimum absolute atomic E-state index is 0.0127. The number of carbonyl (C=O) groups is 1. The molecule has 1 saturated heterocycles. The molecule has 0 aliphatic carbocycles. The van der Waals surface area contributed by atoms with Crippen LogP contribution in [0.5, 0.6) is 5.75 Å². The predicted molar refractivity (Wildman–Crippen MR) is 142 cm³/mol. The number of amides is 1. The fraction of sp³-hybridized carbons (Fsp3) is 0.240. The first-order valence-corrected chi connectivity index (χ1v) is 14.8. The van der Waals surface area contributed by atoms with E-state index in [1.807, 2.05) is 0 Å². The highest BCUT2D eigenvalue weighted by molar-refractivity contribution is 7.92. The molecule has 2 N–H and O–H groups in total. The molecule has 3 aromatic rings. The van der Waals surface area contributed by atoms with Gasteiger partial charge in [-0.1, -0.05) is 36.2 Å². The van der Waals surface area contributed by atoms with Gasteiger partial charge in [0.05, 0.1) is 33.2 Å². The number of piperidine rings is 1. The largest absolute Gasteiger partial charge is 0.495 e. The molecule has 9 nitrogen and oxygen atoms in total. The van der Waals surface area contributed by atoms with Crippen LogP contribution in [0.3, 0.4) is 0 Å². The minimum Gasteiger partial charge on any atom is -0.495 e. The Morgan fingerprint density at radius 2 is 1.59 bits per heavy atom. The molecule has 0 atom stereocenters. The molecule has 4 rings (SSSR count). The number of nitrogens with one attached hydrogen (secondary N) is 2. The molecular formula is C25H26ClN3O6S2. The smallest absolute Gasteiger partial charge is 0.261 e. The number of halogens is 1. The van der Waals surface area contributed by atoms with E-state index < -0.39 is 26.0 Å². The van der Waals surface area contributed by atoms with Crippen LogP contribution in [-0.2, 0) is 20.0 Å². The van der Waals surface area contributed by atoms with Crippen molar-refractivity contribution in [2.24, 2.45) is 0 Å². The molecule has 0 saturated carbocycles. The van der Waals surface area contributed by atoms with Crippen molar-refractivity contribution in [1.82, 2.24) is 4.31 Å². The molecule has 3 aromatic carbocycles. The zero-order valence-electron chi connectivity index (χ0n) is 20.0. The Labute approximate surface area is 221 Å². The van der Waals surface area contributed by atoms with E-state index in [0.29, 0.717) is 13.1 Å². The number of anilines is 2. The number of hydrogen-bond acceptors (Lipinski definition) is 6. The van der Waals surface area contributed by atoms with Crippen LogP contribution < -0.4 is 14.8 Å². The summed E-state index contributed by atoms with van der Waals surface area (Å²) in [6.07, 6.45) is 2.57. The van der Waals surface area contributed by atoms with Gasteiger partial charge in [-0.15, -0.1) is 0 Å². The molecule has 1 amide bonds. The van der Waals surface area contributed by atoms with Gasteiger partial charge in [-0.3, -0.25) is 9.52 Å². The fourth-order valence-electron chi connectivity index (χ4n) is 3.97. The van der Waals surface area contributed by atoms with Gasteiger partial charge in [-0.05, 0) is 61.4 Å². The first-order chi connectivity index (χ1) is 17.6. The summed E-state index contributed by atoms with van der Waals surface area (Å²) in [5, 5.41) is 2.73. The number of carbonyl (C=O) groups excluding carboxylic acids is 1. The molecule has 1 heterocycles. The summed E-state index contributed by atoms with van der Waals surface area (Å²) < 4.78 is 60.8. The highest BCUT2D eigenvalue weighted by Gasteiger charge is 2.27. The van der Waals surface area contributed by atoms with Crippen LogP contribution >= 0.6 is 11.6 Å². The van der Waals surface area contributed by atoms with Crippen molar-refractivity contribution < 1.29 is 26.4 Å². The quantitative estimate of drug-likeness (QED) is 0.414. The van der Waals surface area contributed by atoms with Gasteiger partial charge in [0.25, 0.3) is 15.9 Å². The molecule has 1 aliphatic rings. The summed E-state index contributed by atoms with van der Waals surface area (Å²) in [5.74, 6) is -0.417. The second-order valence-corrected chi connectivity index (χ2v) is 12.4. The second kappa shape index (κ2) is 11.1. The Kier molecular flexibility index (Phi) is 8.08. The van der Waals surface area contributed by atoms with E-state index in [4.69, 9.17) is 16.3 Å². The standard InChI is InChI=1S/C25H26ClN3O6S2/c1-35-24-13-11-20(37(33,34)29-14-6-3-7-15-29)17-23(24)27-25(30)21-16-18(10-12-22(21)26)28-36(31,32)19-8-4-2-5-9-19/h2,4-5,8-13,16-17,28H,3,6-7,14-15H2,1H3,(H,27,30). The van der Waals surface area contributed by atoms with Crippen LogP contribution in [0.4, 0.5) is 11.4 Å². The topological polar surface area (TPSA) is 122 Å². The van der Waals surface area contributed by atoms with E-state index in [-0.39, 0.29) is 37.5 Å². The van der Waals surface area contributed by atoms with Gasteiger partial charge >= 0.3 is 0 Å². The summed E-state index contributed by atoms with van der Waals surface area (Å²) in [4.78, 5) is 13.3. The van der Waals surface area contributed by atoms with Crippen LogP contribution in [0.15, 0.2) is 76.5 Å². The third-order valence-corrected chi connectivity index (χ3v) is 9.51. The summed E-state index contributed by atoms with van der Waals surface area (Å²) in [5.41, 5.74) is 0.255. The van der Waals surface area contributed by atoms with Crippen molar-refractivity contribution in [2.45, 2.75) is 29.1 Å². The molecule has 0 unspecified atom stereocenters. The van der Waals surface area contributed by atoms with Crippen LogP contribution in [-0.4, -0.2) is 47.2 Å². The number of rotatable bonds is 8. The van der Waals surface area contributed by atoms with Crippen LogP contribution in [0.25, 0.3) is 0 Å². The van der Waals surface area contributed by atoms with E-state index >= 15 is 0 Å². The highest BCUT2D eigenvalue weighted by Crippen LogP contribution is 2.31. The molecule has 0 spiro atoms. The van der Waals surface area contributed by atoms with Crippen LogP contribution in [0.1, 0.15) is 29.6 Å². The Hall–Kier alpha value is -3.12. The monoisotopic (exact) mass is 563 g/mol.